The molecule has 1 heterocycles. The van der Waals surface area contributed by atoms with Crippen molar-refractivity contribution in [3.05, 3.63) is 82.6 Å². The van der Waals surface area contributed by atoms with E-state index in [9.17, 15) is 4.79 Å². The summed E-state index contributed by atoms with van der Waals surface area (Å²) in [4.78, 5) is 16.7. The number of nitrogens with one attached hydrogen (secondary N) is 2. The van der Waals surface area contributed by atoms with Gasteiger partial charge in [-0.05, 0) is 60.5 Å². The Bertz CT molecular complexity index is 942. The van der Waals surface area contributed by atoms with Crippen LogP contribution in [0, 0.1) is 6.92 Å². The van der Waals surface area contributed by atoms with E-state index in [0.717, 1.165) is 22.6 Å². The largest absolute Gasteiger partial charge is 0.497 e. The van der Waals surface area contributed by atoms with Crippen molar-refractivity contribution in [1.29, 1.82) is 0 Å². The molecule has 3 rings (SSSR count). The summed E-state index contributed by atoms with van der Waals surface area (Å²) < 4.78 is 5.16. The van der Waals surface area contributed by atoms with Gasteiger partial charge in [0.1, 0.15) is 11.4 Å². The number of carbonyl (C=O) groups excluding carboxylic acids is 1. The first-order valence-electron chi connectivity index (χ1n) is 8.45. The highest BCUT2D eigenvalue weighted by Gasteiger charge is 2.10. The first-order chi connectivity index (χ1) is 13.0. The summed E-state index contributed by atoms with van der Waals surface area (Å²) in [6.45, 7) is 2.52. The topological polar surface area (TPSA) is 63.2 Å². The third-order valence-electron chi connectivity index (χ3n) is 4.08. The van der Waals surface area contributed by atoms with E-state index in [1.54, 1.807) is 37.6 Å². The van der Waals surface area contributed by atoms with Crippen LogP contribution in [0.3, 0.4) is 0 Å². The molecule has 0 fully saturated rings. The van der Waals surface area contributed by atoms with Crippen LogP contribution in [0.4, 0.5) is 11.4 Å². The van der Waals surface area contributed by atoms with Gasteiger partial charge in [0.15, 0.2) is 0 Å². The van der Waals surface area contributed by atoms with Gasteiger partial charge >= 0.3 is 0 Å². The number of pyridine rings is 1. The third-order valence-corrected chi connectivity index (χ3v) is 4.32. The molecule has 138 valence electrons. The second-order valence-electron chi connectivity index (χ2n) is 6.04. The third kappa shape index (κ3) is 4.99. The van der Waals surface area contributed by atoms with Gasteiger partial charge in [0, 0.05) is 29.1 Å². The molecule has 0 aliphatic rings. The SMILES string of the molecule is COc1ccc(CNc2ccnc(C(=O)Nc3ccc(Cl)cc3C)c2)cc1. The van der Waals surface area contributed by atoms with Crippen molar-refractivity contribution in [2.45, 2.75) is 13.5 Å². The smallest absolute Gasteiger partial charge is 0.274 e. The molecule has 0 bridgehead atoms. The Labute approximate surface area is 163 Å². The molecule has 0 aliphatic heterocycles. The van der Waals surface area contributed by atoms with Crippen molar-refractivity contribution < 1.29 is 9.53 Å². The number of aryl methyl sites for hydroxylation is 1. The van der Waals surface area contributed by atoms with E-state index in [2.05, 4.69) is 15.6 Å². The Morgan fingerprint density at radius 3 is 2.59 bits per heavy atom. The predicted octanol–water partition coefficient (Wildman–Crippen LogP) is 4.92. The van der Waals surface area contributed by atoms with Crippen LogP contribution in [0.1, 0.15) is 21.6 Å². The zero-order chi connectivity index (χ0) is 19.2. The second kappa shape index (κ2) is 8.56. The van der Waals surface area contributed by atoms with E-state index >= 15 is 0 Å². The molecule has 27 heavy (non-hydrogen) atoms. The molecule has 5 nitrogen and oxygen atoms in total. The molecule has 0 saturated carbocycles. The maximum Gasteiger partial charge on any atom is 0.274 e. The van der Waals surface area contributed by atoms with Crippen LogP contribution in [-0.4, -0.2) is 18.0 Å². The van der Waals surface area contributed by atoms with Crippen molar-refractivity contribution in [1.82, 2.24) is 4.98 Å². The van der Waals surface area contributed by atoms with Crippen molar-refractivity contribution in [2.75, 3.05) is 17.7 Å². The van der Waals surface area contributed by atoms with Crippen LogP contribution < -0.4 is 15.4 Å². The highest BCUT2D eigenvalue weighted by atomic mass is 35.5. The summed E-state index contributed by atoms with van der Waals surface area (Å²) in [6, 6.07) is 16.7. The normalized spacial score (nSPS) is 10.3. The Morgan fingerprint density at radius 1 is 1.11 bits per heavy atom. The molecular weight excluding hydrogens is 362 g/mol. The Balaban J connectivity index is 1.66. The van der Waals surface area contributed by atoms with Crippen molar-refractivity contribution >= 4 is 28.9 Å². The molecule has 0 radical (unpaired) electrons. The van der Waals surface area contributed by atoms with Gasteiger partial charge in [-0.3, -0.25) is 9.78 Å². The standard InChI is InChI=1S/C21H20ClN3O2/c1-14-11-16(22)5-8-19(14)25-21(26)20-12-17(9-10-23-20)24-13-15-3-6-18(27-2)7-4-15/h3-12H,13H2,1-2H3,(H,23,24)(H,25,26). The van der Waals surface area contributed by atoms with E-state index < -0.39 is 0 Å². The number of carbonyl (C=O) groups is 1. The van der Waals surface area contributed by atoms with Crippen LogP contribution in [0.2, 0.25) is 5.02 Å². The van der Waals surface area contributed by atoms with Gasteiger partial charge in [-0.15, -0.1) is 0 Å². The summed E-state index contributed by atoms with van der Waals surface area (Å²) in [7, 11) is 1.64. The number of methoxy groups -OCH3 is 1. The number of hydrogen-bond donors (Lipinski definition) is 2. The van der Waals surface area contributed by atoms with Gasteiger partial charge in [-0.1, -0.05) is 23.7 Å². The number of aromatic nitrogens is 1. The van der Waals surface area contributed by atoms with Gasteiger partial charge < -0.3 is 15.4 Å². The fourth-order valence-electron chi connectivity index (χ4n) is 2.57. The number of anilines is 2. The molecule has 0 aliphatic carbocycles. The molecule has 2 N–H and O–H groups in total. The van der Waals surface area contributed by atoms with Crippen LogP contribution in [0.15, 0.2) is 60.8 Å². The zero-order valence-corrected chi connectivity index (χ0v) is 15.9. The fourth-order valence-corrected chi connectivity index (χ4v) is 2.79. The molecule has 1 amide bonds. The summed E-state index contributed by atoms with van der Waals surface area (Å²) in [5.41, 5.74) is 3.87. The number of nitrogens with zero attached hydrogens (tertiary/aromatic N) is 1. The minimum atomic E-state index is -0.270. The number of rotatable bonds is 6. The lowest BCUT2D eigenvalue weighted by Gasteiger charge is -2.10. The number of halogens is 1. The van der Waals surface area contributed by atoms with E-state index in [1.807, 2.05) is 37.3 Å². The molecule has 0 unspecified atom stereocenters. The summed E-state index contributed by atoms with van der Waals surface area (Å²) >= 11 is 5.95. The van der Waals surface area contributed by atoms with Crippen molar-refractivity contribution in [3.63, 3.8) is 0 Å². The minimum absolute atomic E-state index is 0.270. The van der Waals surface area contributed by atoms with Crippen LogP contribution in [0.25, 0.3) is 0 Å². The van der Waals surface area contributed by atoms with Gasteiger partial charge in [-0.2, -0.15) is 0 Å². The first-order valence-corrected chi connectivity index (χ1v) is 8.83. The maximum atomic E-state index is 12.5. The van der Waals surface area contributed by atoms with Crippen molar-refractivity contribution in [3.8, 4) is 5.75 Å². The zero-order valence-electron chi connectivity index (χ0n) is 15.1. The van der Waals surface area contributed by atoms with Crippen LogP contribution in [0.5, 0.6) is 5.75 Å². The molecule has 0 atom stereocenters. The number of ether oxygens (including phenoxy) is 1. The minimum Gasteiger partial charge on any atom is -0.497 e. The van der Waals surface area contributed by atoms with Gasteiger partial charge in [0.2, 0.25) is 0 Å². The quantitative estimate of drug-likeness (QED) is 0.636. The molecule has 0 spiro atoms. The van der Waals surface area contributed by atoms with E-state index in [4.69, 9.17) is 16.3 Å². The molecule has 3 aromatic rings. The van der Waals surface area contributed by atoms with E-state index in [-0.39, 0.29) is 5.91 Å². The number of hydrogen-bond acceptors (Lipinski definition) is 4. The maximum absolute atomic E-state index is 12.5. The van der Waals surface area contributed by atoms with E-state index in [0.29, 0.717) is 22.9 Å². The van der Waals surface area contributed by atoms with Crippen molar-refractivity contribution in [2.24, 2.45) is 0 Å². The monoisotopic (exact) mass is 381 g/mol. The number of benzene rings is 2. The summed E-state index contributed by atoms with van der Waals surface area (Å²) in [5.74, 6) is 0.549. The van der Waals surface area contributed by atoms with Gasteiger partial charge in [0.25, 0.3) is 5.91 Å². The van der Waals surface area contributed by atoms with Crippen LogP contribution in [-0.2, 0) is 6.54 Å². The lowest BCUT2D eigenvalue weighted by Crippen LogP contribution is -2.14. The van der Waals surface area contributed by atoms with Gasteiger partial charge in [0.05, 0.1) is 7.11 Å². The predicted molar refractivity (Wildman–Crippen MR) is 109 cm³/mol. The molecular formula is C21H20ClN3O2. The van der Waals surface area contributed by atoms with Gasteiger partial charge in [-0.25, -0.2) is 0 Å². The van der Waals surface area contributed by atoms with E-state index in [1.165, 1.54) is 0 Å². The average molecular weight is 382 g/mol. The molecule has 2 aromatic carbocycles. The Morgan fingerprint density at radius 2 is 1.89 bits per heavy atom. The second-order valence-corrected chi connectivity index (χ2v) is 6.48. The first kappa shape index (κ1) is 18.7. The number of amides is 1. The fraction of sp³-hybridized carbons (Fsp3) is 0.143. The average Bonchev–Trinajstić information content (AvgIpc) is 2.69. The summed E-state index contributed by atoms with van der Waals surface area (Å²) in [5, 5.41) is 6.80. The summed E-state index contributed by atoms with van der Waals surface area (Å²) in [6.07, 6.45) is 1.61. The van der Waals surface area contributed by atoms with Crippen LogP contribution >= 0.6 is 11.6 Å². The highest BCUT2D eigenvalue weighted by molar-refractivity contribution is 6.30. The molecule has 6 heteroatoms. The molecule has 0 saturated heterocycles. The Hall–Kier alpha value is -3.05. The lowest BCUT2D eigenvalue weighted by molar-refractivity contribution is 0.102. The Kier molecular flexibility index (Phi) is 5.94. The molecule has 1 aromatic heterocycles. The highest BCUT2D eigenvalue weighted by Crippen LogP contribution is 2.20. The lowest BCUT2D eigenvalue weighted by atomic mass is 10.2.